The molecule has 10 heteroatoms. The molecule has 0 saturated carbocycles. The van der Waals surface area contributed by atoms with E-state index >= 15 is 0 Å². The zero-order chi connectivity index (χ0) is 21.7. The van der Waals surface area contributed by atoms with E-state index in [1.165, 1.54) is 12.1 Å². The molecular weight excluding hydrogens is 394 g/mol. The highest BCUT2D eigenvalue weighted by Gasteiger charge is 2.22. The van der Waals surface area contributed by atoms with Crippen LogP contribution in [0.15, 0.2) is 42.5 Å². The Balaban J connectivity index is 1.50. The summed E-state index contributed by atoms with van der Waals surface area (Å²) in [5.41, 5.74) is 0.111. The average molecular weight is 415 g/mol. The Morgan fingerprint density at radius 1 is 1.23 bits per heavy atom. The SMILES string of the molecule is CN(C)c1ccc(C(=O)OCC(=O)NC[C@H]2COc3ccccc3O2)cc1[N+](=O)[O-]. The number of nitrogens with zero attached hydrogens (tertiary/aromatic N) is 2. The molecule has 0 spiro atoms. The molecule has 0 saturated heterocycles. The van der Waals surface area contributed by atoms with Gasteiger partial charge in [-0.05, 0) is 24.3 Å². The molecule has 2 aromatic rings. The number of hydrogen-bond donors (Lipinski definition) is 1. The first-order valence-electron chi connectivity index (χ1n) is 9.13. The van der Waals surface area contributed by atoms with Crippen molar-refractivity contribution in [1.82, 2.24) is 5.32 Å². The molecule has 0 fully saturated rings. The Morgan fingerprint density at radius 3 is 2.67 bits per heavy atom. The van der Waals surface area contributed by atoms with Crippen molar-refractivity contribution in [2.45, 2.75) is 6.10 Å². The average Bonchev–Trinajstić information content (AvgIpc) is 2.75. The van der Waals surface area contributed by atoms with Crippen molar-refractivity contribution < 1.29 is 28.7 Å². The maximum absolute atomic E-state index is 12.2. The number of carbonyl (C=O) groups is 2. The number of nitro benzene ring substituents is 1. The zero-order valence-corrected chi connectivity index (χ0v) is 16.5. The van der Waals surface area contributed by atoms with Gasteiger partial charge in [-0.1, -0.05) is 12.1 Å². The molecule has 0 radical (unpaired) electrons. The highest BCUT2D eigenvalue weighted by Crippen LogP contribution is 2.30. The van der Waals surface area contributed by atoms with E-state index in [1.54, 1.807) is 31.1 Å². The van der Waals surface area contributed by atoms with Gasteiger partial charge in [0.25, 0.3) is 11.6 Å². The summed E-state index contributed by atoms with van der Waals surface area (Å²) in [5, 5.41) is 13.8. The van der Waals surface area contributed by atoms with Crippen LogP contribution in [0, 0.1) is 10.1 Å². The van der Waals surface area contributed by atoms with Gasteiger partial charge in [0.2, 0.25) is 0 Å². The van der Waals surface area contributed by atoms with Gasteiger partial charge in [-0.2, -0.15) is 0 Å². The number of amides is 1. The highest BCUT2D eigenvalue weighted by molar-refractivity contribution is 5.93. The fourth-order valence-electron chi connectivity index (χ4n) is 2.83. The Hall–Kier alpha value is -3.82. The van der Waals surface area contributed by atoms with Crippen molar-refractivity contribution in [2.24, 2.45) is 0 Å². The van der Waals surface area contributed by atoms with Crippen molar-refractivity contribution in [2.75, 3.05) is 38.8 Å². The van der Waals surface area contributed by atoms with Crippen molar-refractivity contribution in [3.8, 4) is 11.5 Å². The van der Waals surface area contributed by atoms with Crippen LogP contribution in [0.1, 0.15) is 10.4 Å². The predicted octanol–water partition coefficient (Wildman–Crippen LogP) is 1.77. The Morgan fingerprint density at radius 2 is 1.97 bits per heavy atom. The lowest BCUT2D eigenvalue weighted by molar-refractivity contribution is -0.384. The third-order valence-electron chi connectivity index (χ3n) is 4.32. The number of carbonyl (C=O) groups excluding carboxylic acids is 2. The lowest BCUT2D eigenvalue weighted by atomic mass is 10.1. The van der Waals surface area contributed by atoms with Gasteiger partial charge in [0, 0.05) is 20.2 Å². The largest absolute Gasteiger partial charge is 0.486 e. The smallest absolute Gasteiger partial charge is 0.338 e. The van der Waals surface area contributed by atoms with Crippen LogP contribution in [0.3, 0.4) is 0 Å². The Labute approximate surface area is 172 Å². The summed E-state index contributed by atoms with van der Waals surface area (Å²) in [5.74, 6) is -0.115. The van der Waals surface area contributed by atoms with Crippen LogP contribution in [-0.4, -0.2) is 56.8 Å². The van der Waals surface area contributed by atoms with E-state index in [1.807, 2.05) is 12.1 Å². The number of ether oxygens (including phenoxy) is 3. The molecule has 30 heavy (non-hydrogen) atoms. The number of nitro groups is 1. The van der Waals surface area contributed by atoms with Crippen molar-refractivity contribution in [1.29, 1.82) is 0 Å². The van der Waals surface area contributed by atoms with E-state index in [9.17, 15) is 19.7 Å². The molecule has 0 aliphatic carbocycles. The fourth-order valence-corrected chi connectivity index (χ4v) is 2.83. The van der Waals surface area contributed by atoms with Gasteiger partial charge in [-0.3, -0.25) is 14.9 Å². The molecule has 0 bridgehead atoms. The van der Waals surface area contributed by atoms with E-state index in [0.29, 0.717) is 17.2 Å². The van der Waals surface area contributed by atoms with Crippen LogP contribution in [0.2, 0.25) is 0 Å². The molecule has 2 aromatic carbocycles. The first-order valence-corrected chi connectivity index (χ1v) is 9.13. The van der Waals surface area contributed by atoms with E-state index in [2.05, 4.69) is 5.32 Å². The number of esters is 1. The number of benzene rings is 2. The van der Waals surface area contributed by atoms with E-state index in [-0.39, 0.29) is 30.5 Å². The molecule has 0 unspecified atom stereocenters. The van der Waals surface area contributed by atoms with Crippen LogP contribution >= 0.6 is 0 Å². The molecule has 3 rings (SSSR count). The second-order valence-corrected chi connectivity index (χ2v) is 6.73. The predicted molar refractivity (Wildman–Crippen MR) is 107 cm³/mol. The van der Waals surface area contributed by atoms with Crippen LogP contribution < -0.4 is 19.7 Å². The van der Waals surface area contributed by atoms with Crippen molar-refractivity contribution in [3.63, 3.8) is 0 Å². The van der Waals surface area contributed by atoms with Gasteiger partial charge >= 0.3 is 5.97 Å². The molecule has 1 atom stereocenters. The number of fused-ring (bicyclic) bond motifs is 1. The molecule has 0 aromatic heterocycles. The number of rotatable bonds is 7. The quantitative estimate of drug-likeness (QED) is 0.413. The van der Waals surface area contributed by atoms with Crippen molar-refractivity contribution in [3.05, 3.63) is 58.1 Å². The number of anilines is 1. The van der Waals surface area contributed by atoms with Gasteiger partial charge in [0.1, 0.15) is 18.4 Å². The summed E-state index contributed by atoms with van der Waals surface area (Å²) >= 11 is 0. The molecule has 1 aliphatic heterocycles. The summed E-state index contributed by atoms with van der Waals surface area (Å²) < 4.78 is 16.3. The Kier molecular flexibility index (Phi) is 6.35. The standard InChI is InChI=1S/C20H21N3O7/c1-22(2)15-8-7-13(9-16(15)23(26)27)20(25)29-12-19(24)21-10-14-11-28-17-5-3-4-6-18(17)30-14/h3-9,14H,10-12H2,1-2H3,(H,21,24)/t14-/m0/s1. The van der Waals surface area contributed by atoms with Gasteiger partial charge in [0.05, 0.1) is 17.0 Å². The second-order valence-electron chi connectivity index (χ2n) is 6.73. The number of nitrogens with one attached hydrogen (secondary N) is 1. The number of hydrogen-bond acceptors (Lipinski definition) is 8. The Bertz CT molecular complexity index is 961. The minimum absolute atomic E-state index is 0.0132. The van der Waals surface area contributed by atoms with Crippen LogP contribution in [0.5, 0.6) is 11.5 Å². The summed E-state index contributed by atoms with van der Waals surface area (Å²) in [6, 6.07) is 11.2. The van der Waals surface area contributed by atoms with Crippen LogP contribution in [0.25, 0.3) is 0 Å². The fraction of sp³-hybridized carbons (Fsp3) is 0.300. The normalized spacial score (nSPS) is 14.5. The van der Waals surface area contributed by atoms with E-state index in [0.717, 1.165) is 6.07 Å². The minimum atomic E-state index is -0.829. The third kappa shape index (κ3) is 4.96. The first-order chi connectivity index (χ1) is 14.3. The summed E-state index contributed by atoms with van der Waals surface area (Å²) in [6.45, 7) is -0.0705. The summed E-state index contributed by atoms with van der Waals surface area (Å²) in [6.07, 6.45) is -0.374. The second kappa shape index (κ2) is 9.12. The van der Waals surface area contributed by atoms with Crippen LogP contribution in [-0.2, 0) is 9.53 Å². The summed E-state index contributed by atoms with van der Waals surface area (Å²) in [7, 11) is 3.31. The molecular formula is C20H21N3O7. The highest BCUT2D eigenvalue weighted by atomic mass is 16.6. The molecule has 158 valence electrons. The summed E-state index contributed by atoms with van der Waals surface area (Å²) in [4.78, 5) is 36.4. The topological polar surface area (TPSA) is 120 Å². The maximum Gasteiger partial charge on any atom is 0.338 e. The van der Waals surface area contributed by atoms with E-state index < -0.39 is 23.4 Å². The zero-order valence-electron chi connectivity index (χ0n) is 16.5. The number of para-hydroxylation sites is 2. The lowest BCUT2D eigenvalue weighted by Gasteiger charge is -2.26. The van der Waals surface area contributed by atoms with Crippen molar-refractivity contribution >= 4 is 23.3 Å². The first kappa shape index (κ1) is 20.9. The van der Waals surface area contributed by atoms with Crippen LogP contribution in [0.4, 0.5) is 11.4 Å². The molecule has 1 aliphatic rings. The van der Waals surface area contributed by atoms with E-state index in [4.69, 9.17) is 14.2 Å². The minimum Gasteiger partial charge on any atom is -0.486 e. The van der Waals surface area contributed by atoms with Gasteiger partial charge < -0.3 is 24.4 Å². The molecule has 1 N–H and O–H groups in total. The lowest BCUT2D eigenvalue weighted by Crippen LogP contribution is -2.42. The maximum atomic E-state index is 12.2. The van der Waals surface area contributed by atoms with Gasteiger partial charge in [0.15, 0.2) is 18.1 Å². The third-order valence-corrected chi connectivity index (χ3v) is 4.32. The van der Waals surface area contributed by atoms with Gasteiger partial charge in [-0.25, -0.2) is 4.79 Å². The van der Waals surface area contributed by atoms with Gasteiger partial charge in [-0.15, -0.1) is 0 Å². The molecule has 1 heterocycles. The monoisotopic (exact) mass is 415 g/mol. The molecule has 10 nitrogen and oxygen atoms in total. The molecule has 1 amide bonds.